The molecule has 2 atom stereocenters. The maximum absolute atomic E-state index is 11.4. The molecule has 6 nitrogen and oxygen atoms in total. The number of unbranched alkanes of at least 4 members (excludes halogenated alkanes) is 5. The molecule has 0 spiro atoms. The lowest BCUT2D eigenvalue weighted by Gasteiger charge is -2.23. The quantitative estimate of drug-likeness (QED) is 0.260. The molecule has 0 radical (unpaired) electrons. The average molecular weight is 342 g/mol. The van der Waals surface area contributed by atoms with Crippen molar-refractivity contribution in [3.8, 4) is 0 Å². The number of allylic oxidation sites excluding steroid dienone is 2. The van der Waals surface area contributed by atoms with Crippen LogP contribution in [0.2, 0.25) is 0 Å². The molecule has 0 aliphatic heterocycles. The van der Waals surface area contributed by atoms with Crippen LogP contribution in [0.3, 0.4) is 0 Å². The van der Waals surface area contributed by atoms with Crippen LogP contribution in [0.15, 0.2) is 12.2 Å². The molecule has 0 aromatic carbocycles. The van der Waals surface area contributed by atoms with Gasteiger partial charge < -0.3 is 19.6 Å². The molecule has 0 aliphatic carbocycles. The zero-order chi connectivity index (χ0) is 16.5. The number of rotatable bonds is 11. The van der Waals surface area contributed by atoms with E-state index in [1.807, 2.05) is 6.08 Å². The van der Waals surface area contributed by atoms with Crippen LogP contribution in [0.4, 0.5) is 0 Å². The van der Waals surface area contributed by atoms with Crippen LogP contribution < -0.4 is 0 Å². The number of hydrogen-bond acceptors (Lipinski definition) is 2. The third kappa shape index (κ3) is 11.3. The molecule has 0 aromatic rings. The fourth-order valence-corrected chi connectivity index (χ4v) is 5.15. The average Bonchev–Trinajstić information content (AvgIpc) is 2.32. The first-order valence-electron chi connectivity index (χ1n) is 7.34. The summed E-state index contributed by atoms with van der Waals surface area (Å²) >= 11 is 0. The maximum atomic E-state index is 11.4. The van der Waals surface area contributed by atoms with Gasteiger partial charge in [-0.1, -0.05) is 51.7 Å². The molecule has 0 heterocycles. The van der Waals surface area contributed by atoms with Crippen LogP contribution in [0, 0.1) is 5.92 Å². The van der Waals surface area contributed by atoms with Gasteiger partial charge in [-0.2, -0.15) is 0 Å². The fraction of sp³-hybridized carbons (Fsp3) is 0.846. The van der Waals surface area contributed by atoms with Gasteiger partial charge >= 0.3 is 15.2 Å². The van der Waals surface area contributed by atoms with E-state index >= 15 is 0 Å². The normalized spacial score (nSPS) is 16.3. The van der Waals surface area contributed by atoms with Crippen molar-refractivity contribution < 1.29 is 28.7 Å². The summed E-state index contributed by atoms with van der Waals surface area (Å²) in [6.07, 6.45) is 9.24. The lowest BCUT2D eigenvalue weighted by atomic mass is 10.1. The molecule has 0 aliphatic rings. The van der Waals surface area contributed by atoms with E-state index < -0.39 is 32.9 Å². The largest absolute Gasteiger partial charge is 0.329 e. The highest BCUT2D eigenvalue weighted by Gasteiger charge is 2.37. The summed E-state index contributed by atoms with van der Waals surface area (Å²) in [7, 11) is -9.00. The zero-order valence-electron chi connectivity index (χ0n) is 12.8. The molecular formula is C13H28O6P2. The summed E-state index contributed by atoms with van der Waals surface area (Å²) < 4.78 is 22.4. The van der Waals surface area contributed by atoms with Crippen molar-refractivity contribution in [2.45, 2.75) is 58.0 Å². The summed E-state index contributed by atoms with van der Waals surface area (Å²) in [4.78, 5) is 36.4. The van der Waals surface area contributed by atoms with Gasteiger partial charge in [-0.05, 0) is 18.8 Å². The first-order chi connectivity index (χ1) is 9.58. The Morgan fingerprint density at radius 2 is 1.57 bits per heavy atom. The molecule has 0 saturated heterocycles. The van der Waals surface area contributed by atoms with E-state index in [-0.39, 0.29) is 0 Å². The zero-order valence-corrected chi connectivity index (χ0v) is 14.5. The summed E-state index contributed by atoms with van der Waals surface area (Å²) in [5.41, 5.74) is -1.34. The second kappa shape index (κ2) is 9.94. The molecule has 21 heavy (non-hydrogen) atoms. The van der Waals surface area contributed by atoms with Gasteiger partial charge in [0.05, 0.1) is 11.8 Å². The molecule has 4 N–H and O–H groups in total. The molecular weight excluding hydrogens is 314 g/mol. The minimum atomic E-state index is -4.54. The topological polar surface area (TPSA) is 115 Å². The third-order valence-corrected chi connectivity index (χ3v) is 6.05. The molecule has 0 bridgehead atoms. The Labute approximate surface area is 127 Å². The standard InChI is InChI=1S/C13H28O6P2/c1-3-4-5-6-7-8-9-10-12(2)13(21(17,18)19)11-20(14,15)16/h9-10,12-13H,3-8,11H2,1-2H3,(H2,14,15,16)(H2,17,18,19). The molecule has 0 fully saturated rings. The Morgan fingerprint density at radius 1 is 1.00 bits per heavy atom. The van der Waals surface area contributed by atoms with Gasteiger partial charge in [0, 0.05) is 0 Å². The summed E-state index contributed by atoms with van der Waals surface area (Å²) in [5, 5.41) is 0. The molecule has 0 aromatic heterocycles. The monoisotopic (exact) mass is 342 g/mol. The van der Waals surface area contributed by atoms with E-state index in [0.717, 1.165) is 19.3 Å². The van der Waals surface area contributed by atoms with Gasteiger partial charge in [-0.15, -0.1) is 0 Å². The van der Waals surface area contributed by atoms with Crippen molar-refractivity contribution >= 4 is 15.2 Å². The number of hydrogen-bond donors (Lipinski definition) is 4. The van der Waals surface area contributed by atoms with Gasteiger partial charge in [-0.3, -0.25) is 9.13 Å². The Morgan fingerprint density at radius 3 is 2.05 bits per heavy atom. The van der Waals surface area contributed by atoms with Crippen LogP contribution in [-0.2, 0) is 9.13 Å². The minimum Gasteiger partial charge on any atom is -0.324 e. The van der Waals surface area contributed by atoms with Gasteiger partial charge in [0.2, 0.25) is 0 Å². The van der Waals surface area contributed by atoms with E-state index in [0.29, 0.717) is 0 Å². The van der Waals surface area contributed by atoms with E-state index in [9.17, 15) is 18.9 Å². The van der Waals surface area contributed by atoms with Crippen LogP contribution in [0.25, 0.3) is 0 Å². The van der Waals surface area contributed by atoms with Crippen LogP contribution in [0.1, 0.15) is 52.4 Å². The fourth-order valence-electron chi connectivity index (χ4n) is 2.13. The molecule has 0 rings (SSSR count). The van der Waals surface area contributed by atoms with Crippen molar-refractivity contribution in [3.05, 3.63) is 12.2 Å². The van der Waals surface area contributed by atoms with Crippen molar-refractivity contribution in [3.63, 3.8) is 0 Å². The molecule has 8 heteroatoms. The third-order valence-electron chi connectivity index (χ3n) is 3.38. The van der Waals surface area contributed by atoms with E-state index in [2.05, 4.69) is 6.92 Å². The molecule has 126 valence electrons. The molecule has 2 unspecified atom stereocenters. The highest BCUT2D eigenvalue weighted by atomic mass is 31.2. The first kappa shape index (κ1) is 21.0. The van der Waals surface area contributed by atoms with Gasteiger partial charge in [-0.25, -0.2) is 0 Å². The van der Waals surface area contributed by atoms with Crippen molar-refractivity contribution in [2.75, 3.05) is 6.16 Å². The lowest BCUT2D eigenvalue weighted by molar-refractivity contribution is 0.336. The maximum Gasteiger partial charge on any atom is 0.329 e. The second-order valence-electron chi connectivity index (χ2n) is 5.49. The van der Waals surface area contributed by atoms with E-state index in [1.54, 1.807) is 13.0 Å². The van der Waals surface area contributed by atoms with Gasteiger partial charge in [0.15, 0.2) is 0 Å². The smallest absolute Gasteiger partial charge is 0.324 e. The van der Waals surface area contributed by atoms with Gasteiger partial charge in [0.25, 0.3) is 0 Å². The Bertz CT molecular complexity index is 397. The Kier molecular flexibility index (Phi) is 9.96. The van der Waals surface area contributed by atoms with Crippen molar-refractivity contribution in [1.29, 1.82) is 0 Å². The predicted octanol–water partition coefficient (Wildman–Crippen LogP) is 3.26. The highest BCUT2D eigenvalue weighted by molar-refractivity contribution is 7.56. The summed E-state index contributed by atoms with van der Waals surface area (Å²) in [5.74, 6) is -0.575. The first-order valence-corrected chi connectivity index (χ1v) is 10.8. The van der Waals surface area contributed by atoms with E-state index in [1.165, 1.54) is 19.3 Å². The van der Waals surface area contributed by atoms with Crippen molar-refractivity contribution in [1.82, 2.24) is 0 Å². The SMILES string of the molecule is CCCCCCCC=CC(C)C(CP(=O)(O)O)P(=O)(O)O. The van der Waals surface area contributed by atoms with Crippen LogP contribution in [0.5, 0.6) is 0 Å². The Balaban J connectivity index is 4.38. The second-order valence-corrected chi connectivity index (χ2v) is 9.03. The van der Waals surface area contributed by atoms with Crippen molar-refractivity contribution in [2.24, 2.45) is 5.92 Å². The molecule has 0 amide bonds. The van der Waals surface area contributed by atoms with Gasteiger partial charge in [0.1, 0.15) is 0 Å². The Hall–Kier alpha value is 0.0400. The van der Waals surface area contributed by atoms with Crippen LogP contribution in [-0.4, -0.2) is 31.4 Å². The molecule has 0 saturated carbocycles. The summed E-state index contributed by atoms with van der Waals surface area (Å²) in [6.45, 7) is 3.72. The lowest BCUT2D eigenvalue weighted by Crippen LogP contribution is -2.21. The predicted molar refractivity (Wildman–Crippen MR) is 84.4 cm³/mol. The minimum absolute atomic E-state index is 0.575. The van der Waals surface area contributed by atoms with E-state index in [4.69, 9.17) is 9.79 Å². The summed E-state index contributed by atoms with van der Waals surface area (Å²) in [6, 6.07) is 0. The highest BCUT2D eigenvalue weighted by Crippen LogP contribution is 2.51. The van der Waals surface area contributed by atoms with Crippen LogP contribution >= 0.6 is 15.2 Å².